The maximum atomic E-state index is 11.6. The van der Waals surface area contributed by atoms with Crippen LogP contribution >= 0.6 is 0 Å². The summed E-state index contributed by atoms with van der Waals surface area (Å²) in [5.74, 6) is 1.71. The minimum atomic E-state index is -0.126. The third-order valence-corrected chi connectivity index (χ3v) is 4.20. The largest absolute Gasteiger partial charge is 0.369 e. The minimum absolute atomic E-state index is 0.0353. The predicted molar refractivity (Wildman–Crippen MR) is 49.7 cm³/mol. The van der Waals surface area contributed by atoms with Crippen molar-refractivity contribution < 1.29 is 4.79 Å². The van der Waals surface area contributed by atoms with Gasteiger partial charge in [-0.1, -0.05) is 12.2 Å². The van der Waals surface area contributed by atoms with E-state index in [0.29, 0.717) is 17.8 Å². The third kappa shape index (κ3) is 0.812. The molecule has 2 nitrogen and oxygen atoms in total. The fourth-order valence-electron chi connectivity index (χ4n) is 3.45. The summed E-state index contributed by atoms with van der Waals surface area (Å²) in [6.45, 7) is 0. The number of amides is 1. The Morgan fingerprint density at radius 2 is 2.15 bits per heavy atom. The van der Waals surface area contributed by atoms with E-state index in [-0.39, 0.29) is 11.3 Å². The van der Waals surface area contributed by atoms with Crippen LogP contribution in [0.2, 0.25) is 0 Å². The summed E-state index contributed by atoms with van der Waals surface area (Å²) in [6.07, 6.45) is 9.17. The van der Waals surface area contributed by atoms with Crippen LogP contribution in [0.3, 0.4) is 0 Å². The number of rotatable bonds is 2. The average molecular weight is 177 g/mol. The van der Waals surface area contributed by atoms with Crippen molar-refractivity contribution in [3.8, 4) is 0 Å². The zero-order valence-corrected chi connectivity index (χ0v) is 7.70. The van der Waals surface area contributed by atoms with Gasteiger partial charge in [-0.3, -0.25) is 4.79 Å². The maximum absolute atomic E-state index is 11.6. The van der Waals surface area contributed by atoms with Gasteiger partial charge in [0, 0.05) is 0 Å². The fraction of sp³-hybridized carbons (Fsp3) is 0.727. The van der Waals surface area contributed by atoms with Gasteiger partial charge in [0.1, 0.15) is 0 Å². The van der Waals surface area contributed by atoms with Crippen molar-refractivity contribution in [2.75, 3.05) is 0 Å². The number of carbonyl (C=O) groups is 1. The molecule has 2 fully saturated rings. The molecule has 0 unspecified atom stereocenters. The van der Waals surface area contributed by atoms with Gasteiger partial charge in [0.2, 0.25) is 5.91 Å². The summed E-state index contributed by atoms with van der Waals surface area (Å²) in [6, 6.07) is 0. The van der Waals surface area contributed by atoms with E-state index in [4.69, 9.17) is 5.73 Å². The van der Waals surface area contributed by atoms with E-state index in [2.05, 4.69) is 12.2 Å². The van der Waals surface area contributed by atoms with Crippen LogP contribution in [0.5, 0.6) is 0 Å². The maximum Gasteiger partial charge on any atom is 0.224 e. The zero-order valence-electron chi connectivity index (χ0n) is 7.70. The zero-order chi connectivity index (χ0) is 9.05. The Labute approximate surface area is 78.2 Å². The standard InChI is InChI=1S/C11H15NO/c12-10(13)11(8-3-4-8)6-7-1-2-9(11)5-7/h1-2,7-9H,3-6H2,(H2,12,13)/t7-,9+,11-/m1/s1. The van der Waals surface area contributed by atoms with E-state index in [0.717, 1.165) is 6.42 Å². The lowest BCUT2D eigenvalue weighted by Crippen LogP contribution is -2.42. The van der Waals surface area contributed by atoms with Gasteiger partial charge in [0.15, 0.2) is 0 Å². The van der Waals surface area contributed by atoms with Crippen LogP contribution in [0.4, 0.5) is 0 Å². The van der Waals surface area contributed by atoms with Crippen LogP contribution in [0.1, 0.15) is 25.7 Å². The monoisotopic (exact) mass is 177 g/mol. The number of hydrogen-bond acceptors (Lipinski definition) is 1. The van der Waals surface area contributed by atoms with Crippen molar-refractivity contribution in [2.24, 2.45) is 28.9 Å². The fourth-order valence-corrected chi connectivity index (χ4v) is 3.45. The van der Waals surface area contributed by atoms with Gasteiger partial charge in [0.25, 0.3) is 0 Å². The second-order valence-corrected chi connectivity index (χ2v) is 4.87. The summed E-state index contributed by atoms with van der Waals surface area (Å²) in [4.78, 5) is 11.6. The highest BCUT2D eigenvalue weighted by molar-refractivity contribution is 5.83. The highest BCUT2D eigenvalue weighted by Crippen LogP contribution is 2.62. The molecule has 2 heteroatoms. The highest BCUT2D eigenvalue weighted by Gasteiger charge is 2.59. The summed E-state index contributed by atoms with van der Waals surface area (Å²) in [7, 11) is 0. The van der Waals surface area contributed by atoms with Crippen molar-refractivity contribution in [1.82, 2.24) is 0 Å². The van der Waals surface area contributed by atoms with Crippen molar-refractivity contribution in [3.63, 3.8) is 0 Å². The Kier molecular flexibility index (Phi) is 1.27. The molecule has 0 aliphatic heterocycles. The Hall–Kier alpha value is -0.790. The minimum Gasteiger partial charge on any atom is -0.369 e. The lowest BCUT2D eigenvalue weighted by molar-refractivity contribution is -0.130. The number of allylic oxidation sites excluding steroid dienone is 2. The first-order valence-corrected chi connectivity index (χ1v) is 5.21. The van der Waals surface area contributed by atoms with E-state index < -0.39 is 0 Å². The van der Waals surface area contributed by atoms with Gasteiger partial charge in [-0.25, -0.2) is 0 Å². The summed E-state index contributed by atoms with van der Waals surface area (Å²) in [5.41, 5.74) is 5.46. The van der Waals surface area contributed by atoms with Crippen LogP contribution < -0.4 is 5.73 Å². The second kappa shape index (κ2) is 2.17. The summed E-state index contributed by atoms with van der Waals surface area (Å²) in [5, 5.41) is 0. The molecular weight excluding hydrogens is 162 g/mol. The first-order valence-electron chi connectivity index (χ1n) is 5.21. The van der Waals surface area contributed by atoms with Crippen LogP contribution in [0.25, 0.3) is 0 Å². The normalized spacial score (nSPS) is 47.1. The molecule has 3 aliphatic carbocycles. The van der Waals surface area contributed by atoms with Gasteiger partial charge in [-0.05, 0) is 43.4 Å². The molecule has 1 amide bonds. The highest BCUT2D eigenvalue weighted by atomic mass is 16.1. The van der Waals surface area contributed by atoms with Gasteiger partial charge >= 0.3 is 0 Å². The molecule has 2 saturated carbocycles. The molecule has 0 radical (unpaired) electrons. The van der Waals surface area contributed by atoms with Crippen LogP contribution in [0.15, 0.2) is 12.2 Å². The molecular formula is C11H15NO. The van der Waals surface area contributed by atoms with Gasteiger partial charge < -0.3 is 5.73 Å². The SMILES string of the molecule is NC(=O)[C@@]1(C2CC2)C[C@@H]2C=C[C@H]1C2. The average Bonchev–Trinajstić information content (AvgIpc) is 2.76. The molecule has 0 spiro atoms. The Balaban J connectivity index is 2.00. The van der Waals surface area contributed by atoms with E-state index in [1.165, 1.54) is 19.3 Å². The lowest BCUT2D eigenvalue weighted by atomic mass is 9.71. The molecule has 0 aromatic carbocycles. The third-order valence-electron chi connectivity index (χ3n) is 4.20. The molecule has 3 rings (SSSR count). The van der Waals surface area contributed by atoms with Gasteiger partial charge in [-0.2, -0.15) is 0 Å². The predicted octanol–water partition coefficient (Wildman–Crippen LogP) is 1.46. The van der Waals surface area contributed by atoms with Crippen LogP contribution in [0, 0.1) is 23.2 Å². The van der Waals surface area contributed by atoms with Crippen molar-refractivity contribution in [1.29, 1.82) is 0 Å². The Morgan fingerprint density at radius 3 is 2.54 bits per heavy atom. The molecule has 70 valence electrons. The number of primary amides is 1. The van der Waals surface area contributed by atoms with E-state index in [1.54, 1.807) is 0 Å². The molecule has 0 aromatic heterocycles. The summed E-state index contributed by atoms with van der Waals surface area (Å²) >= 11 is 0. The number of fused-ring (bicyclic) bond motifs is 2. The lowest BCUT2D eigenvalue weighted by Gasteiger charge is -2.32. The number of nitrogens with two attached hydrogens (primary N) is 1. The molecule has 0 heterocycles. The molecule has 3 atom stereocenters. The van der Waals surface area contributed by atoms with Gasteiger partial charge in [-0.15, -0.1) is 0 Å². The van der Waals surface area contributed by atoms with Crippen molar-refractivity contribution >= 4 is 5.91 Å². The number of hydrogen-bond donors (Lipinski definition) is 1. The van der Waals surface area contributed by atoms with Crippen LogP contribution in [-0.2, 0) is 4.79 Å². The molecule has 3 aliphatic rings. The van der Waals surface area contributed by atoms with Crippen LogP contribution in [-0.4, -0.2) is 5.91 Å². The molecule has 2 N–H and O–H groups in total. The first-order chi connectivity index (χ1) is 6.23. The van der Waals surface area contributed by atoms with E-state index in [9.17, 15) is 4.79 Å². The Bertz CT molecular complexity index is 292. The van der Waals surface area contributed by atoms with Gasteiger partial charge in [0.05, 0.1) is 5.41 Å². The first kappa shape index (κ1) is 7.60. The topological polar surface area (TPSA) is 43.1 Å². The van der Waals surface area contributed by atoms with E-state index in [1.807, 2.05) is 0 Å². The smallest absolute Gasteiger partial charge is 0.224 e. The van der Waals surface area contributed by atoms with Crippen molar-refractivity contribution in [3.05, 3.63) is 12.2 Å². The quantitative estimate of drug-likeness (QED) is 0.638. The Morgan fingerprint density at radius 1 is 1.38 bits per heavy atom. The molecule has 0 saturated heterocycles. The summed E-state index contributed by atoms with van der Waals surface area (Å²) < 4.78 is 0. The second-order valence-electron chi connectivity index (χ2n) is 4.87. The number of carbonyl (C=O) groups excluding carboxylic acids is 1. The molecule has 13 heavy (non-hydrogen) atoms. The molecule has 0 aromatic rings. The van der Waals surface area contributed by atoms with E-state index >= 15 is 0 Å². The van der Waals surface area contributed by atoms with Crippen molar-refractivity contribution in [2.45, 2.75) is 25.7 Å². The molecule has 2 bridgehead atoms.